The van der Waals surface area contributed by atoms with Crippen LogP contribution in [0, 0.1) is 0 Å². The van der Waals surface area contributed by atoms with Crippen molar-refractivity contribution in [3.05, 3.63) is 29.8 Å². The number of hydrogen-bond acceptors (Lipinski definition) is 3. The summed E-state index contributed by atoms with van der Waals surface area (Å²) in [6.45, 7) is 3.30. The highest BCUT2D eigenvalue weighted by molar-refractivity contribution is 6.10. The molecular formula is C18H22F3N3O3. The monoisotopic (exact) mass is 385 g/mol. The third kappa shape index (κ3) is 4.58. The van der Waals surface area contributed by atoms with Gasteiger partial charge >= 0.3 is 12.2 Å². The van der Waals surface area contributed by atoms with E-state index in [2.05, 4.69) is 10.6 Å². The Kier molecular flexibility index (Phi) is 6.12. The van der Waals surface area contributed by atoms with E-state index in [9.17, 15) is 27.6 Å². The van der Waals surface area contributed by atoms with Gasteiger partial charge in [0.15, 0.2) is 0 Å². The number of amides is 4. The number of benzene rings is 1. The lowest BCUT2D eigenvalue weighted by molar-refractivity contribution is -0.137. The number of imide groups is 1. The number of carbonyl (C=O) groups is 3. The fraction of sp³-hybridized carbons (Fsp3) is 0.500. The van der Waals surface area contributed by atoms with Gasteiger partial charge in [-0.3, -0.25) is 14.5 Å². The van der Waals surface area contributed by atoms with Gasteiger partial charge < -0.3 is 10.6 Å². The molecule has 1 aromatic carbocycles. The molecule has 2 rings (SSSR count). The molecule has 0 saturated carbocycles. The summed E-state index contributed by atoms with van der Waals surface area (Å²) in [6, 6.07) is 3.29. The second-order valence-corrected chi connectivity index (χ2v) is 6.53. The fourth-order valence-corrected chi connectivity index (χ4v) is 3.22. The quantitative estimate of drug-likeness (QED) is 0.705. The zero-order valence-electron chi connectivity index (χ0n) is 15.2. The number of anilines is 1. The maximum Gasteiger partial charge on any atom is 0.416 e. The lowest BCUT2D eigenvalue weighted by Gasteiger charge is -2.25. The van der Waals surface area contributed by atoms with Gasteiger partial charge in [0.2, 0.25) is 5.91 Å². The summed E-state index contributed by atoms with van der Waals surface area (Å²) in [5.41, 5.74) is -1.68. The first kappa shape index (κ1) is 20.7. The minimum absolute atomic E-state index is 0.147. The van der Waals surface area contributed by atoms with Crippen molar-refractivity contribution in [3.8, 4) is 0 Å². The van der Waals surface area contributed by atoms with E-state index in [1.54, 1.807) is 0 Å². The Bertz CT molecular complexity index is 711. The third-order valence-electron chi connectivity index (χ3n) is 4.40. The van der Waals surface area contributed by atoms with Crippen LogP contribution >= 0.6 is 0 Å². The van der Waals surface area contributed by atoms with E-state index < -0.39 is 41.7 Å². The normalized spacial score (nSPS) is 16.4. The Morgan fingerprint density at radius 3 is 2.15 bits per heavy atom. The van der Waals surface area contributed by atoms with Crippen LogP contribution in [0.5, 0.6) is 0 Å². The molecule has 0 aromatic heterocycles. The van der Waals surface area contributed by atoms with Gasteiger partial charge in [-0.15, -0.1) is 0 Å². The molecule has 6 nitrogen and oxygen atoms in total. The van der Waals surface area contributed by atoms with Crippen molar-refractivity contribution >= 4 is 23.5 Å². The molecule has 0 unspecified atom stereocenters. The number of alkyl halides is 3. The van der Waals surface area contributed by atoms with Crippen LogP contribution < -0.4 is 10.6 Å². The molecule has 1 aliphatic rings. The van der Waals surface area contributed by atoms with Crippen molar-refractivity contribution in [2.45, 2.75) is 51.2 Å². The number of nitrogens with one attached hydrogen (secondary N) is 2. The Hall–Kier alpha value is -2.58. The topological polar surface area (TPSA) is 78.5 Å². The molecule has 9 heteroatoms. The number of rotatable bonds is 7. The van der Waals surface area contributed by atoms with Gasteiger partial charge in [0.1, 0.15) is 12.1 Å². The highest BCUT2D eigenvalue weighted by Crippen LogP contribution is 2.30. The average Bonchev–Trinajstić information content (AvgIpc) is 2.79. The van der Waals surface area contributed by atoms with Crippen LogP contribution in [0.1, 0.15) is 45.1 Å². The highest BCUT2D eigenvalue weighted by atomic mass is 19.4. The largest absolute Gasteiger partial charge is 0.416 e. The van der Waals surface area contributed by atoms with Gasteiger partial charge in [0.05, 0.1) is 5.56 Å². The number of urea groups is 1. The van der Waals surface area contributed by atoms with E-state index in [0.29, 0.717) is 25.7 Å². The standard InChI is InChI=1S/C18H22F3N3O3/c1-3-9-17(10-4-2)15(26)24(16(27)23-17)11-14(25)22-13-7-5-12(6-8-13)18(19,20)21/h5-8H,3-4,9-11H2,1-2H3,(H,22,25)(H,23,27). The molecular weight excluding hydrogens is 363 g/mol. The van der Waals surface area contributed by atoms with Crippen LogP contribution in [0.2, 0.25) is 0 Å². The van der Waals surface area contributed by atoms with Crippen LogP contribution in [0.4, 0.5) is 23.7 Å². The van der Waals surface area contributed by atoms with Crippen molar-refractivity contribution in [1.29, 1.82) is 0 Å². The molecule has 148 valence electrons. The summed E-state index contributed by atoms with van der Waals surface area (Å²) >= 11 is 0. The van der Waals surface area contributed by atoms with E-state index in [0.717, 1.165) is 29.2 Å². The van der Waals surface area contributed by atoms with Gasteiger partial charge in [0, 0.05) is 5.69 Å². The summed E-state index contributed by atoms with van der Waals surface area (Å²) in [7, 11) is 0. The molecule has 1 fully saturated rings. The first-order chi connectivity index (χ1) is 12.6. The van der Waals surface area contributed by atoms with Crippen LogP contribution in [0.15, 0.2) is 24.3 Å². The van der Waals surface area contributed by atoms with E-state index in [1.807, 2.05) is 13.8 Å². The van der Waals surface area contributed by atoms with Crippen molar-refractivity contribution in [1.82, 2.24) is 10.2 Å². The summed E-state index contributed by atoms with van der Waals surface area (Å²) in [6.07, 6.45) is -2.13. The summed E-state index contributed by atoms with van der Waals surface area (Å²) < 4.78 is 37.7. The van der Waals surface area contributed by atoms with Crippen molar-refractivity contribution in [3.63, 3.8) is 0 Å². The third-order valence-corrected chi connectivity index (χ3v) is 4.40. The van der Waals surface area contributed by atoms with Crippen LogP contribution in [0.25, 0.3) is 0 Å². The molecule has 1 aromatic rings. The molecule has 0 aliphatic carbocycles. The van der Waals surface area contributed by atoms with E-state index >= 15 is 0 Å². The van der Waals surface area contributed by atoms with Gasteiger partial charge in [0.25, 0.3) is 5.91 Å². The molecule has 0 radical (unpaired) electrons. The number of nitrogens with zero attached hydrogens (tertiary/aromatic N) is 1. The molecule has 0 bridgehead atoms. The van der Waals surface area contributed by atoms with Crippen molar-refractivity contribution < 1.29 is 27.6 Å². The van der Waals surface area contributed by atoms with Crippen molar-refractivity contribution in [2.24, 2.45) is 0 Å². The molecule has 4 amide bonds. The van der Waals surface area contributed by atoms with E-state index in [4.69, 9.17) is 0 Å². The lowest BCUT2D eigenvalue weighted by Crippen LogP contribution is -2.47. The maximum absolute atomic E-state index is 12.7. The zero-order valence-corrected chi connectivity index (χ0v) is 15.2. The smallest absolute Gasteiger partial charge is 0.325 e. The molecule has 1 aliphatic heterocycles. The fourth-order valence-electron chi connectivity index (χ4n) is 3.22. The number of hydrogen-bond donors (Lipinski definition) is 2. The second-order valence-electron chi connectivity index (χ2n) is 6.53. The van der Waals surface area contributed by atoms with Gasteiger partial charge in [-0.05, 0) is 37.1 Å². The molecule has 1 saturated heterocycles. The molecule has 2 N–H and O–H groups in total. The SMILES string of the molecule is CCCC1(CCC)NC(=O)N(CC(=O)Nc2ccc(C(F)(F)F)cc2)C1=O. The van der Waals surface area contributed by atoms with E-state index in [-0.39, 0.29) is 5.69 Å². The number of carbonyl (C=O) groups excluding carboxylic acids is 3. The first-order valence-electron chi connectivity index (χ1n) is 8.74. The minimum Gasteiger partial charge on any atom is -0.325 e. The maximum atomic E-state index is 12.7. The van der Waals surface area contributed by atoms with Crippen LogP contribution in [-0.2, 0) is 15.8 Å². The molecule has 0 atom stereocenters. The van der Waals surface area contributed by atoms with Crippen LogP contribution in [-0.4, -0.2) is 34.8 Å². The van der Waals surface area contributed by atoms with Gasteiger partial charge in [-0.25, -0.2) is 4.79 Å². The highest BCUT2D eigenvalue weighted by Gasteiger charge is 2.50. The molecule has 1 heterocycles. The minimum atomic E-state index is -4.47. The van der Waals surface area contributed by atoms with Gasteiger partial charge in [-0.1, -0.05) is 26.7 Å². The predicted octanol–water partition coefficient (Wildman–Crippen LogP) is 3.53. The lowest BCUT2D eigenvalue weighted by atomic mass is 9.88. The van der Waals surface area contributed by atoms with Crippen LogP contribution in [0.3, 0.4) is 0 Å². The Balaban J connectivity index is 2.05. The number of halogens is 3. The first-order valence-corrected chi connectivity index (χ1v) is 8.74. The predicted molar refractivity (Wildman–Crippen MR) is 92.9 cm³/mol. The summed E-state index contributed by atoms with van der Waals surface area (Å²) in [5.74, 6) is -1.11. The average molecular weight is 385 g/mol. The van der Waals surface area contributed by atoms with Gasteiger partial charge in [-0.2, -0.15) is 13.2 Å². The zero-order chi connectivity index (χ0) is 20.2. The Morgan fingerprint density at radius 2 is 1.67 bits per heavy atom. The Labute approximate surface area is 155 Å². The Morgan fingerprint density at radius 1 is 1.11 bits per heavy atom. The summed E-state index contributed by atoms with van der Waals surface area (Å²) in [5, 5.41) is 5.09. The second kappa shape index (κ2) is 7.98. The molecule has 27 heavy (non-hydrogen) atoms. The molecule has 0 spiro atoms. The van der Waals surface area contributed by atoms with E-state index in [1.165, 1.54) is 0 Å². The summed E-state index contributed by atoms with van der Waals surface area (Å²) in [4.78, 5) is 37.9. The van der Waals surface area contributed by atoms with Crippen molar-refractivity contribution in [2.75, 3.05) is 11.9 Å².